The highest BCUT2D eigenvalue weighted by atomic mass is 16.3. The lowest BCUT2D eigenvalue weighted by Crippen LogP contribution is -2.22. The highest BCUT2D eigenvalue weighted by molar-refractivity contribution is 5.76. The molecule has 0 fully saturated rings. The second-order valence-electron chi connectivity index (χ2n) is 4.34. The van der Waals surface area contributed by atoms with Gasteiger partial charge in [-0.3, -0.25) is 4.79 Å². The fraction of sp³-hybridized carbons (Fsp3) is 0.267. The molecule has 0 aliphatic carbocycles. The molecule has 0 atom stereocenters. The summed E-state index contributed by atoms with van der Waals surface area (Å²) < 4.78 is 5.18. The largest absolute Gasteiger partial charge is 0.469 e. The molecule has 1 aromatic carbocycles. The molecular weight excluding hydrogens is 226 g/mol. The summed E-state index contributed by atoms with van der Waals surface area (Å²) in [6.07, 6.45) is 2.73. The lowest BCUT2D eigenvalue weighted by molar-refractivity contribution is -0.121. The van der Waals surface area contributed by atoms with Crippen molar-refractivity contribution < 1.29 is 9.21 Å². The van der Waals surface area contributed by atoms with Crippen LogP contribution in [-0.4, -0.2) is 5.91 Å². The Hall–Kier alpha value is -2.03. The van der Waals surface area contributed by atoms with Gasteiger partial charge in [-0.25, -0.2) is 0 Å². The first-order chi connectivity index (χ1) is 8.74. The van der Waals surface area contributed by atoms with Gasteiger partial charge in [-0.15, -0.1) is 0 Å². The number of aryl methyl sites for hydroxylation is 2. The minimum absolute atomic E-state index is 0.0481. The zero-order valence-corrected chi connectivity index (χ0v) is 10.5. The van der Waals surface area contributed by atoms with Gasteiger partial charge in [0.2, 0.25) is 5.91 Å². The van der Waals surface area contributed by atoms with Gasteiger partial charge in [0.15, 0.2) is 0 Å². The number of carbonyl (C=O) groups is 1. The Morgan fingerprint density at radius 1 is 1.22 bits per heavy atom. The van der Waals surface area contributed by atoms with Gasteiger partial charge in [-0.1, -0.05) is 29.8 Å². The third-order valence-corrected chi connectivity index (χ3v) is 2.79. The van der Waals surface area contributed by atoms with Gasteiger partial charge in [0.05, 0.1) is 6.26 Å². The second-order valence-corrected chi connectivity index (χ2v) is 4.34. The maximum Gasteiger partial charge on any atom is 0.220 e. The average molecular weight is 243 g/mol. The van der Waals surface area contributed by atoms with Crippen LogP contribution in [0.4, 0.5) is 0 Å². The maximum absolute atomic E-state index is 11.6. The van der Waals surface area contributed by atoms with E-state index in [-0.39, 0.29) is 5.91 Å². The molecule has 3 heteroatoms. The number of hydrogen-bond donors (Lipinski definition) is 1. The van der Waals surface area contributed by atoms with Crippen LogP contribution in [0.5, 0.6) is 0 Å². The minimum atomic E-state index is 0.0481. The van der Waals surface area contributed by atoms with E-state index in [0.29, 0.717) is 19.4 Å². The summed E-state index contributed by atoms with van der Waals surface area (Å²) in [5, 5.41) is 2.90. The van der Waals surface area contributed by atoms with E-state index < -0.39 is 0 Å². The molecule has 3 nitrogen and oxygen atoms in total. The third-order valence-electron chi connectivity index (χ3n) is 2.79. The van der Waals surface area contributed by atoms with Crippen molar-refractivity contribution in [2.75, 3.05) is 0 Å². The molecule has 0 aliphatic rings. The fourth-order valence-electron chi connectivity index (χ4n) is 1.69. The van der Waals surface area contributed by atoms with E-state index in [2.05, 4.69) is 5.32 Å². The number of rotatable bonds is 5. The van der Waals surface area contributed by atoms with Crippen molar-refractivity contribution in [2.24, 2.45) is 0 Å². The predicted molar refractivity (Wildman–Crippen MR) is 70.1 cm³/mol. The van der Waals surface area contributed by atoms with Gasteiger partial charge in [-0.2, -0.15) is 0 Å². The minimum Gasteiger partial charge on any atom is -0.469 e. The van der Waals surface area contributed by atoms with Crippen LogP contribution < -0.4 is 5.32 Å². The maximum atomic E-state index is 11.6. The molecule has 2 aromatic rings. The van der Waals surface area contributed by atoms with Gasteiger partial charge in [0.25, 0.3) is 0 Å². The first kappa shape index (κ1) is 12.4. The molecule has 1 amide bonds. The highest BCUT2D eigenvalue weighted by Gasteiger charge is 2.03. The lowest BCUT2D eigenvalue weighted by atomic mass is 10.1. The molecule has 0 spiro atoms. The Kier molecular flexibility index (Phi) is 4.18. The lowest BCUT2D eigenvalue weighted by Gasteiger charge is -2.05. The van der Waals surface area contributed by atoms with Crippen LogP contribution in [0.3, 0.4) is 0 Å². The second kappa shape index (κ2) is 6.05. The van der Waals surface area contributed by atoms with Crippen LogP contribution in [0.15, 0.2) is 47.1 Å². The molecule has 0 radical (unpaired) electrons. The van der Waals surface area contributed by atoms with E-state index in [1.807, 2.05) is 43.3 Å². The first-order valence-electron chi connectivity index (χ1n) is 6.08. The molecule has 0 unspecified atom stereocenters. The molecule has 0 saturated heterocycles. The van der Waals surface area contributed by atoms with Crippen LogP contribution >= 0.6 is 0 Å². The van der Waals surface area contributed by atoms with E-state index in [1.54, 1.807) is 6.26 Å². The quantitative estimate of drug-likeness (QED) is 0.877. The first-order valence-corrected chi connectivity index (χ1v) is 6.08. The monoisotopic (exact) mass is 243 g/mol. The molecule has 0 bridgehead atoms. The predicted octanol–water partition coefficient (Wildman–Crippen LogP) is 2.84. The fourth-order valence-corrected chi connectivity index (χ4v) is 1.69. The molecule has 1 N–H and O–H groups in total. The van der Waals surface area contributed by atoms with E-state index >= 15 is 0 Å². The van der Waals surface area contributed by atoms with Gasteiger partial charge in [0.1, 0.15) is 5.76 Å². The summed E-state index contributed by atoms with van der Waals surface area (Å²) in [4.78, 5) is 11.6. The van der Waals surface area contributed by atoms with E-state index in [9.17, 15) is 4.79 Å². The summed E-state index contributed by atoms with van der Waals surface area (Å²) in [5.41, 5.74) is 2.34. The number of furan rings is 1. The molecule has 0 saturated carbocycles. The molecule has 94 valence electrons. The van der Waals surface area contributed by atoms with Gasteiger partial charge in [0, 0.05) is 19.4 Å². The zero-order valence-electron chi connectivity index (χ0n) is 10.5. The molecule has 1 aromatic heterocycles. The number of benzene rings is 1. The van der Waals surface area contributed by atoms with Crippen molar-refractivity contribution in [3.05, 3.63) is 59.5 Å². The van der Waals surface area contributed by atoms with Crippen LogP contribution in [-0.2, 0) is 17.8 Å². The molecular formula is C15H17NO2. The number of amides is 1. The summed E-state index contributed by atoms with van der Waals surface area (Å²) >= 11 is 0. The molecule has 2 rings (SSSR count). The number of nitrogens with one attached hydrogen (secondary N) is 1. The SMILES string of the molecule is Cc1ccc(CNC(=O)CCc2ccco2)cc1. The summed E-state index contributed by atoms with van der Waals surface area (Å²) in [6, 6.07) is 11.9. The van der Waals surface area contributed by atoms with Crippen molar-refractivity contribution in [1.29, 1.82) is 0 Å². The molecule has 0 aliphatic heterocycles. The molecule has 18 heavy (non-hydrogen) atoms. The molecule has 1 heterocycles. The van der Waals surface area contributed by atoms with Gasteiger partial charge in [-0.05, 0) is 24.6 Å². The standard InChI is InChI=1S/C15H17NO2/c1-12-4-6-13(7-5-12)11-16-15(17)9-8-14-3-2-10-18-14/h2-7,10H,8-9,11H2,1H3,(H,16,17). The Morgan fingerprint density at radius 3 is 2.67 bits per heavy atom. The summed E-state index contributed by atoms with van der Waals surface area (Å²) in [6.45, 7) is 2.63. The van der Waals surface area contributed by atoms with Crippen LogP contribution in [0.1, 0.15) is 23.3 Å². The smallest absolute Gasteiger partial charge is 0.220 e. The van der Waals surface area contributed by atoms with Crippen molar-refractivity contribution in [3.63, 3.8) is 0 Å². The normalized spacial score (nSPS) is 10.3. The Balaban J connectivity index is 1.73. The number of hydrogen-bond acceptors (Lipinski definition) is 2. The van der Waals surface area contributed by atoms with Crippen LogP contribution in [0.25, 0.3) is 0 Å². The average Bonchev–Trinajstić information content (AvgIpc) is 2.89. The van der Waals surface area contributed by atoms with E-state index in [0.717, 1.165) is 11.3 Å². The topological polar surface area (TPSA) is 42.2 Å². The summed E-state index contributed by atoms with van der Waals surface area (Å²) in [7, 11) is 0. The van der Waals surface area contributed by atoms with Crippen LogP contribution in [0.2, 0.25) is 0 Å². The third kappa shape index (κ3) is 3.77. The highest BCUT2D eigenvalue weighted by Crippen LogP contribution is 2.05. The van der Waals surface area contributed by atoms with Crippen molar-refractivity contribution in [3.8, 4) is 0 Å². The van der Waals surface area contributed by atoms with Crippen molar-refractivity contribution in [1.82, 2.24) is 5.32 Å². The zero-order chi connectivity index (χ0) is 12.8. The summed E-state index contributed by atoms with van der Waals surface area (Å²) in [5.74, 6) is 0.896. The Labute approximate surface area is 107 Å². The Morgan fingerprint density at radius 2 is 2.00 bits per heavy atom. The van der Waals surface area contributed by atoms with Gasteiger partial charge < -0.3 is 9.73 Å². The van der Waals surface area contributed by atoms with Crippen LogP contribution in [0, 0.1) is 6.92 Å². The van der Waals surface area contributed by atoms with E-state index in [1.165, 1.54) is 5.56 Å². The van der Waals surface area contributed by atoms with Gasteiger partial charge >= 0.3 is 0 Å². The number of carbonyl (C=O) groups excluding carboxylic acids is 1. The Bertz CT molecular complexity index is 486. The van der Waals surface area contributed by atoms with Crippen molar-refractivity contribution in [2.45, 2.75) is 26.3 Å². The van der Waals surface area contributed by atoms with Crippen molar-refractivity contribution >= 4 is 5.91 Å². The van der Waals surface area contributed by atoms with E-state index in [4.69, 9.17) is 4.42 Å².